The molecule has 2 aromatic heterocycles. The Morgan fingerprint density at radius 1 is 1.31 bits per heavy atom. The summed E-state index contributed by atoms with van der Waals surface area (Å²) in [6, 6.07) is 3.58. The lowest BCUT2D eigenvalue weighted by Crippen LogP contribution is -2.38. The Balaban J connectivity index is 1.58. The molecule has 0 bridgehead atoms. The number of hydrogen-bond donors (Lipinski definition) is 1. The molecule has 1 aliphatic heterocycles. The maximum Gasteiger partial charge on any atom is 0.276 e. The van der Waals surface area contributed by atoms with Crippen molar-refractivity contribution in [1.82, 2.24) is 20.0 Å². The molecule has 0 aromatic carbocycles. The van der Waals surface area contributed by atoms with Crippen LogP contribution in [0.2, 0.25) is 0 Å². The molecule has 10 heteroatoms. The number of pyridine rings is 1. The van der Waals surface area contributed by atoms with E-state index < -0.39 is 11.6 Å². The van der Waals surface area contributed by atoms with E-state index in [1.807, 2.05) is 13.0 Å². The van der Waals surface area contributed by atoms with Crippen molar-refractivity contribution in [3.63, 3.8) is 0 Å². The summed E-state index contributed by atoms with van der Waals surface area (Å²) in [7, 11) is 1.71. The molecule has 1 fully saturated rings. The third-order valence-corrected chi connectivity index (χ3v) is 5.35. The summed E-state index contributed by atoms with van der Waals surface area (Å²) >= 11 is 0. The molecule has 2 aliphatic rings. The highest BCUT2D eigenvalue weighted by molar-refractivity contribution is 6.06. The van der Waals surface area contributed by atoms with Gasteiger partial charge >= 0.3 is 0 Å². The number of carbonyl (C=O) groups is 1. The molecule has 154 valence electrons. The van der Waals surface area contributed by atoms with Crippen LogP contribution in [0.5, 0.6) is 0 Å². The molecular weight excluding hydrogens is 382 g/mol. The van der Waals surface area contributed by atoms with Crippen LogP contribution in [-0.2, 0) is 11.9 Å². The zero-order valence-electron chi connectivity index (χ0n) is 16.2. The number of halogens is 2. The molecule has 0 unspecified atom stereocenters. The molecule has 1 amide bonds. The maximum atomic E-state index is 13.5. The number of amides is 1. The first-order valence-electron chi connectivity index (χ1n) is 9.50. The smallest absolute Gasteiger partial charge is 0.276 e. The molecule has 3 heterocycles. The lowest BCUT2D eigenvalue weighted by Gasteiger charge is -2.32. The number of aromatic nitrogens is 3. The topological polar surface area (TPSA) is 84.6 Å². The van der Waals surface area contributed by atoms with Crippen molar-refractivity contribution in [2.75, 3.05) is 11.4 Å². The first-order chi connectivity index (χ1) is 13.8. The van der Waals surface area contributed by atoms with Gasteiger partial charge in [0, 0.05) is 45.5 Å². The van der Waals surface area contributed by atoms with Gasteiger partial charge in [-0.3, -0.25) is 9.78 Å². The van der Waals surface area contributed by atoms with E-state index in [4.69, 9.17) is 4.84 Å². The van der Waals surface area contributed by atoms with E-state index in [0.717, 1.165) is 0 Å². The second-order valence-electron chi connectivity index (χ2n) is 7.25. The van der Waals surface area contributed by atoms with Crippen LogP contribution in [0.15, 0.2) is 35.7 Å². The number of imidazole rings is 1. The number of hydrogen-bond acceptors (Lipinski definition) is 6. The zero-order chi connectivity index (χ0) is 20.6. The minimum Gasteiger partial charge on any atom is -0.320 e. The van der Waals surface area contributed by atoms with Gasteiger partial charge in [-0.2, -0.15) is 0 Å². The van der Waals surface area contributed by atoms with E-state index in [0.29, 0.717) is 29.6 Å². The largest absolute Gasteiger partial charge is 0.320 e. The quantitative estimate of drug-likeness (QED) is 0.847. The van der Waals surface area contributed by atoms with Crippen LogP contribution >= 0.6 is 0 Å². The van der Waals surface area contributed by atoms with E-state index in [1.165, 1.54) is 6.20 Å². The van der Waals surface area contributed by atoms with Crippen LogP contribution in [0.1, 0.15) is 48.9 Å². The predicted molar refractivity (Wildman–Crippen MR) is 102 cm³/mol. The molecule has 1 spiro atoms. The predicted octanol–water partition coefficient (Wildman–Crippen LogP) is 2.67. The Bertz CT molecular complexity index is 933. The van der Waals surface area contributed by atoms with Crippen LogP contribution in [0.25, 0.3) is 0 Å². The average molecular weight is 404 g/mol. The van der Waals surface area contributed by atoms with Gasteiger partial charge in [0.15, 0.2) is 17.4 Å². The molecule has 2 aromatic rings. The Hall–Kier alpha value is -2.88. The number of amidine groups is 1. The molecule has 1 aliphatic carbocycles. The number of rotatable bonds is 4. The Kier molecular flexibility index (Phi) is 4.81. The van der Waals surface area contributed by atoms with Crippen molar-refractivity contribution in [1.29, 1.82) is 0 Å². The number of nitrogens with zero attached hydrogens (tertiary/aromatic N) is 5. The van der Waals surface area contributed by atoms with Crippen LogP contribution in [0.3, 0.4) is 0 Å². The lowest BCUT2D eigenvalue weighted by atomic mass is 9.89. The monoisotopic (exact) mass is 404 g/mol. The van der Waals surface area contributed by atoms with Gasteiger partial charge in [0.1, 0.15) is 5.69 Å². The second kappa shape index (κ2) is 7.18. The summed E-state index contributed by atoms with van der Waals surface area (Å²) in [6.07, 6.45) is 4.44. The molecule has 0 atom stereocenters. The van der Waals surface area contributed by atoms with E-state index in [-0.39, 0.29) is 31.6 Å². The summed E-state index contributed by atoms with van der Waals surface area (Å²) < 4.78 is 28.6. The van der Waals surface area contributed by atoms with Crippen molar-refractivity contribution in [2.24, 2.45) is 12.0 Å². The second-order valence-corrected chi connectivity index (χ2v) is 7.25. The van der Waals surface area contributed by atoms with Gasteiger partial charge < -0.3 is 9.47 Å². The van der Waals surface area contributed by atoms with Crippen LogP contribution in [0.4, 0.5) is 14.5 Å². The van der Waals surface area contributed by atoms with E-state index >= 15 is 0 Å². The fraction of sp³-hybridized carbons (Fsp3) is 0.474. The first-order valence-corrected chi connectivity index (χ1v) is 9.50. The minimum absolute atomic E-state index is 0.122. The van der Waals surface area contributed by atoms with Crippen molar-refractivity contribution in [3.05, 3.63) is 42.2 Å². The Morgan fingerprint density at radius 3 is 2.72 bits per heavy atom. The summed E-state index contributed by atoms with van der Waals surface area (Å²) in [5.74, 6) is -2.16. The van der Waals surface area contributed by atoms with E-state index in [9.17, 15) is 13.6 Å². The number of alkyl halides is 2. The third-order valence-electron chi connectivity index (χ3n) is 5.35. The molecule has 1 N–H and O–H groups in total. The highest BCUT2D eigenvalue weighted by atomic mass is 19.3. The lowest BCUT2D eigenvalue weighted by molar-refractivity contribution is -0.134. The normalized spacial score (nSPS) is 19.7. The van der Waals surface area contributed by atoms with Crippen molar-refractivity contribution < 1.29 is 18.4 Å². The number of carbonyl (C=O) groups excluding carboxylic acids is 1. The molecule has 29 heavy (non-hydrogen) atoms. The van der Waals surface area contributed by atoms with Crippen molar-refractivity contribution in [3.8, 4) is 0 Å². The summed E-state index contributed by atoms with van der Waals surface area (Å²) in [6.45, 7) is 2.34. The summed E-state index contributed by atoms with van der Waals surface area (Å²) in [4.78, 5) is 33.1. The number of anilines is 1. The Labute approximate surface area is 166 Å². The minimum atomic E-state index is -2.67. The fourth-order valence-corrected chi connectivity index (χ4v) is 3.63. The van der Waals surface area contributed by atoms with Crippen LogP contribution in [0, 0.1) is 0 Å². The van der Waals surface area contributed by atoms with Gasteiger partial charge in [-0.05, 0) is 19.1 Å². The molecule has 4 rings (SSSR count). The Morgan fingerprint density at radius 2 is 2.07 bits per heavy atom. The van der Waals surface area contributed by atoms with Gasteiger partial charge in [0.05, 0.1) is 18.1 Å². The van der Waals surface area contributed by atoms with Gasteiger partial charge in [0.25, 0.3) is 5.91 Å². The van der Waals surface area contributed by atoms with Crippen LogP contribution < -0.4 is 10.4 Å². The summed E-state index contributed by atoms with van der Waals surface area (Å²) in [5.41, 5.74) is 2.77. The number of nitrogens with one attached hydrogen (secondary N) is 1. The fourth-order valence-electron chi connectivity index (χ4n) is 3.63. The molecular formula is C19H22F2N6O2. The standard InChI is InChI=1S/C19H22F2N6O2/c1-3-27(13-5-4-10-22-11-13)17(28)14-12-23-16(26(14)2)15-24-19(29-25-15)8-6-18(20,21)7-9-19/h4-5,10-12H,3,6-9H2,1-2H3,(H,24,25). The summed E-state index contributed by atoms with van der Waals surface area (Å²) in [5, 5.41) is 0. The van der Waals surface area contributed by atoms with Crippen molar-refractivity contribution in [2.45, 2.75) is 44.3 Å². The third kappa shape index (κ3) is 3.59. The SMILES string of the molecule is CCN(C(=O)c1cnc(C2=NC3(CCC(F)(F)CC3)ON2)n1C)c1cccnc1. The maximum absolute atomic E-state index is 13.5. The molecule has 0 radical (unpaired) electrons. The van der Waals surface area contributed by atoms with Crippen LogP contribution in [-0.4, -0.2) is 44.5 Å². The number of aliphatic imine (C=N–C) groups is 1. The number of hydroxylamine groups is 1. The van der Waals surface area contributed by atoms with Crippen molar-refractivity contribution >= 4 is 17.4 Å². The van der Waals surface area contributed by atoms with Gasteiger partial charge in [-0.15, -0.1) is 0 Å². The van der Waals surface area contributed by atoms with E-state index in [1.54, 1.807) is 35.0 Å². The highest BCUT2D eigenvalue weighted by Crippen LogP contribution is 2.42. The first kappa shape index (κ1) is 19.4. The van der Waals surface area contributed by atoms with E-state index in [2.05, 4.69) is 20.4 Å². The zero-order valence-corrected chi connectivity index (χ0v) is 16.2. The highest BCUT2D eigenvalue weighted by Gasteiger charge is 2.47. The molecule has 0 saturated heterocycles. The van der Waals surface area contributed by atoms with Gasteiger partial charge in [0.2, 0.25) is 5.92 Å². The van der Waals surface area contributed by atoms with Gasteiger partial charge in [-0.1, -0.05) is 0 Å². The average Bonchev–Trinajstić information content (AvgIpc) is 3.30. The molecule has 8 nitrogen and oxygen atoms in total. The molecule has 1 saturated carbocycles. The van der Waals surface area contributed by atoms with Gasteiger partial charge in [-0.25, -0.2) is 29.1 Å².